The summed E-state index contributed by atoms with van der Waals surface area (Å²) in [4.78, 5) is 26.2. The predicted octanol–water partition coefficient (Wildman–Crippen LogP) is 4.43. The molecule has 0 bridgehead atoms. The second-order valence-corrected chi connectivity index (χ2v) is 8.03. The highest BCUT2D eigenvalue weighted by Gasteiger charge is 2.28. The van der Waals surface area contributed by atoms with Gasteiger partial charge in [-0.2, -0.15) is 0 Å². The van der Waals surface area contributed by atoms with Crippen molar-refractivity contribution in [3.63, 3.8) is 0 Å². The Kier molecular flexibility index (Phi) is 9.07. The SMILES string of the molecule is CCC(C)C(=O)C(Cc1ccccc1)NC(=O)C(Cc1ccccc1)NC(C)C.[HH].[HH]. The predicted molar refractivity (Wildman–Crippen MR) is 123 cm³/mol. The quantitative estimate of drug-likeness (QED) is 0.589. The van der Waals surface area contributed by atoms with Gasteiger partial charge in [-0.1, -0.05) is 88.4 Å². The molecule has 0 radical (unpaired) electrons. The van der Waals surface area contributed by atoms with Gasteiger partial charge in [0.15, 0.2) is 5.78 Å². The average Bonchev–Trinajstić information content (AvgIpc) is 2.72. The molecule has 0 fully saturated rings. The first-order valence-electron chi connectivity index (χ1n) is 10.6. The zero-order valence-electron chi connectivity index (χ0n) is 18.0. The third-order valence-electron chi connectivity index (χ3n) is 5.17. The molecule has 4 heteroatoms. The van der Waals surface area contributed by atoms with Crippen molar-refractivity contribution < 1.29 is 12.4 Å². The van der Waals surface area contributed by atoms with Crippen LogP contribution in [-0.2, 0) is 22.4 Å². The van der Waals surface area contributed by atoms with Crippen LogP contribution in [0.5, 0.6) is 0 Å². The van der Waals surface area contributed by atoms with Crippen LogP contribution >= 0.6 is 0 Å². The lowest BCUT2D eigenvalue weighted by Gasteiger charge is -2.26. The van der Waals surface area contributed by atoms with Crippen LogP contribution in [-0.4, -0.2) is 29.8 Å². The minimum absolute atomic E-state index is 0. The minimum atomic E-state index is -0.521. The van der Waals surface area contributed by atoms with E-state index in [0.717, 1.165) is 17.5 Å². The molecule has 2 N–H and O–H groups in total. The van der Waals surface area contributed by atoms with Crippen LogP contribution in [0.2, 0.25) is 0 Å². The van der Waals surface area contributed by atoms with Gasteiger partial charge >= 0.3 is 0 Å². The van der Waals surface area contributed by atoms with Crippen molar-refractivity contribution in [1.82, 2.24) is 10.6 Å². The molecule has 0 heterocycles. The van der Waals surface area contributed by atoms with E-state index < -0.39 is 6.04 Å². The summed E-state index contributed by atoms with van der Waals surface area (Å²) < 4.78 is 0. The topological polar surface area (TPSA) is 58.2 Å². The van der Waals surface area contributed by atoms with Crippen LogP contribution in [0.4, 0.5) is 0 Å². The fourth-order valence-corrected chi connectivity index (χ4v) is 3.37. The number of hydrogen-bond acceptors (Lipinski definition) is 3. The highest BCUT2D eigenvalue weighted by atomic mass is 16.2. The smallest absolute Gasteiger partial charge is 0.238 e. The Hall–Kier alpha value is -2.46. The van der Waals surface area contributed by atoms with Gasteiger partial charge in [-0.15, -0.1) is 0 Å². The largest absolute Gasteiger partial charge is 0.345 e. The van der Waals surface area contributed by atoms with Crippen LogP contribution in [0.25, 0.3) is 0 Å². The summed E-state index contributed by atoms with van der Waals surface area (Å²) in [6.45, 7) is 7.98. The maximum absolute atomic E-state index is 13.2. The molecular formula is C25H38N2O2. The molecule has 0 spiro atoms. The zero-order chi connectivity index (χ0) is 21.2. The van der Waals surface area contributed by atoms with E-state index >= 15 is 0 Å². The molecule has 3 unspecified atom stereocenters. The summed E-state index contributed by atoms with van der Waals surface area (Å²) in [6, 6.07) is 19.1. The summed E-state index contributed by atoms with van der Waals surface area (Å²) in [6.07, 6.45) is 1.85. The zero-order valence-corrected chi connectivity index (χ0v) is 18.0. The van der Waals surface area contributed by atoms with Crippen LogP contribution < -0.4 is 10.6 Å². The molecule has 0 aliphatic rings. The molecule has 0 saturated heterocycles. The van der Waals surface area contributed by atoms with Crippen molar-refractivity contribution in [2.45, 2.75) is 65.1 Å². The average molecular weight is 399 g/mol. The van der Waals surface area contributed by atoms with Gasteiger partial charge < -0.3 is 10.6 Å². The van der Waals surface area contributed by atoms with Crippen LogP contribution in [0.3, 0.4) is 0 Å². The van der Waals surface area contributed by atoms with Crippen LogP contribution in [0, 0.1) is 5.92 Å². The lowest BCUT2D eigenvalue weighted by atomic mass is 9.92. The van der Waals surface area contributed by atoms with Gasteiger partial charge in [0.25, 0.3) is 0 Å². The summed E-state index contributed by atoms with van der Waals surface area (Å²) in [7, 11) is 0. The van der Waals surface area contributed by atoms with Gasteiger partial charge in [0.05, 0.1) is 12.1 Å². The lowest BCUT2D eigenvalue weighted by Crippen LogP contribution is -2.53. The second kappa shape index (κ2) is 11.5. The number of carbonyl (C=O) groups is 2. The normalized spacial score (nSPS) is 14.2. The molecule has 2 rings (SSSR count). The van der Waals surface area contributed by atoms with Crippen LogP contribution in [0.15, 0.2) is 60.7 Å². The van der Waals surface area contributed by atoms with Crippen molar-refractivity contribution >= 4 is 11.7 Å². The fourth-order valence-electron chi connectivity index (χ4n) is 3.37. The molecule has 0 saturated carbocycles. The fraction of sp³-hybridized carbons (Fsp3) is 0.440. The number of hydrogen-bond donors (Lipinski definition) is 2. The molecule has 0 aliphatic heterocycles. The maximum Gasteiger partial charge on any atom is 0.238 e. The van der Waals surface area contributed by atoms with Crippen molar-refractivity contribution in [1.29, 1.82) is 0 Å². The number of amides is 1. The number of benzene rings is 2. The Balaban J connectivity index is 0.00000450. The third-order valence-corrected chi connectivity index (χ3v) is 5.17. The third kappa shape index (κ3) is 7.47. The number of rotatable bonds is 11. The molecule has 0 aliphatic carbocycles. The number of Topliss-reactive ketones (excluding diaryl/α,β-unsaturated/α-hetero) is 1. The number of nitrogens with one attached hydrogen (secondary N) is 2. The minimum Gasteiger partial charge on any atom is -0.345 e. The van der Waals surface area contributed by atoms with E-state index in [-0.39, 0.29) is 32.5 Å². The standard InChI is InChI=1S/C25H34N2O2.2H2/c1-5-19(4)24(28)22(16-20-12-8-6-9-13-20)27-25(29)23(26-18(2)3)17-21-14-10-7-11-15-21;;/h6-15,18-19,22-23,26H,5,16-17H2,1-4H3,(H,27,29);2*1H. The monoisotopic (exact) mass is 398 g/mol. The van der Waals surface area contributed by atoms with E-state index in [2.05, 4.69) is 10.6 Å². The highest BCUT2D eigenvalue weighted by Crippen LogP contribution is 2.12. The maximum atomic E-state index is 13.2. The van der Waals surface area contributed by atoms with Gasteiger partial charge in [0.2, 0.25) is 5.91 Å². The number of carbonyl (C=O) groups excluding carboxylic acids is 2. The first-order valence-corrected chi connectivity index (χ1v) is 10.6. The molecule has 2 aromatic rings. The first kappa shape index (κ1) is 22.8. The Labute approximate surface area is 178 Å². The van der Waals surface area contributed by atoms with E-state index in [1.807, 2.05) is 88.4 Å². The Morgan fingerprint density at radius 2 is 1.31 bits per heavy atom. The van der Waals surface area contributed by atoms with Gasteiger partial charge in [0, 0.05) is 14.8 Å². The molecule has 2 aromatic carbocycles. The van der Waals surface area contributed by atoms with E-state index in [1.165, 1.54) is 0 Å². The van der Waals surface area contributed by atoms with Gasteiger partial charge in [-0.05, 0) is 30.4 Å². The molecule has 160 valence electrons. The van der Waals surface area contributed by atoms with Crippen molar-refractivity contribution in [2.75, 3.05) is 0 Å². The molecule has 4 nitrogen and oxygen atoms in total. The highest BCUT2D eigenvalue weighted by molar-refractivity contribution is 5.92. The second-order valence-electron chi connectivity index (χ2n) is 8.03. The van der Waals surface area contributed by atoms with Crippen LogP contribution in [0.1, 0.15) is 48.1 Å². The van der Waals surface area contributed by atoms with E-state index in [4.69, 9.17) is 0 Å². The molecule has 29 heavy (non-hydrogen) atoms. The Morgan fingerprint density at radius 1 is 0.828 bits per heavy atom. The molecular weight excluding hydrogens is 360 g/mol. The summed E-state index contributed by atoms with van der Waals surface area (Å²) in [5.41, 5.74) is 2.14. The van der Waals surface area contributed by atoms with E-state index in [0.29, 0.717) is 12.8 Å². The van der Waals surface area contributed by atoms with Gasteiger partial charge in [-0.25, -0.2) is 0 Å². The molecule has 3 atom stereocenters. The number of ketones is 1. The van der Waals surface area contributed by atoms with Crippen molar-refractivity contribution in [3.05, 3.63) is 71.8 Å². The van der Waals surface area contributed by atoms with E-state index in [1.54, 1.807) is 0 Å². The Morgan fingerprint density at radius 3 is 1.76 bits per heavy atom. The molecule has 0 aromatic heterocycles. The lowest BCUT2D eigenvalue weighted by molar-refractivity contribution is -0.130. The summed E-state index contributed by atoms with van der Waals surface area (Å²) in [5, 5.41) is 6.41. The van der Waals surface area contributed by atoms with Crippen molar-refractivity contribution in [2.24, 2.45) is 5.92 Å². The van der Waals surface area contributed by atoms with Gasteiger partial charge in [-0.3, -0.25) is 9.59 Å². The summed E-state index contributed by atoms with van der Waals surface area (Å²) >= 11 is 0. The van der Waals surface area contributed by atoms with E-state index in [9.17, 15) is 9.59 Å². The van der Waals surface area contributed by atoms with Gasteiger partial charge in [0.1, 0.15) is 0 Å². The van der Waals surface area contributed by atoms with Crippen molar-refractivity contribution in [3.8, 4) is 0 Å². The Bertz CT molecular complexity index is 770. The molecule has 1 amide bonds. The summed E-state index contributed by atoms with van der Waals surface area (Å²) in [5.74, 6) is -0.123. The first-order chi connectivity index (χ1) is 13.9.